The van der Waals surface area contributed by atoms with Crippen LogP contribution in [0.1, 0.15) is 33.4 Å². The van der Waals surface area contributed by atoms with Crippen molar-refractivity contribution in [1.29, 1.82) is 0 Å². The lowest BCUT2D eigenvalue weighted by Crippen LogP contribution is -2.32. The molecule has 0 aromatic heterocycles. The van der Waals surface area contributed by atoms with Gasteiger partial charge in [-0.25, -0.2) is 25.0 Å². The Morgan fingerprint density at radius 2 is 0.897 bits per heavy atom. The summed E-state index contributed by atoms with van der Waals surface area (Å²) in [6.45, 7) is 0. The first-order valence-electron chi connectivity index (χ1n) is 11.8. The van der Waals surface area contributed by atoms with Crippen LogP contribution in [-0.4, -0.2) is 51.9 Å². The smallest absolute Gasteiger partial charge is 0.265 e. The summed E-state index contributed by atoms with van der Waals surface area (Å²) in [4.78, 5) is 48.3. The third-order valence-corrected chi connectivity index (χ3v) is 6.49. The second-order valence-corrected chi connectivity index (χ2v) is 8.81. The Kier molecular flexibility index (Phi) is 4.20. The molecule has 0 aliphatic carbocycles. The summed E-state index contributed by atoms with van der Waals surface area (Å²) >= 11 is 0. The molecule has 0 radical (unpaired) electrons. The first-order valence-corrected chi connectivity index (χ1v) is 11.8. The van der Waals surface area contributed by atoms with Crippen LogP contribution >= 0.6 is 0 Å². The summed E-state index contributed by atoms with van der Waals surface area (Å²) in [7, 11) is 0. The third-order valence-electron chi connectivity index (χ3n) is 6.49. The highest BCUT2D eigenvalue weighted by Crippen LogP contribution is 2.29. The lowest BCUT2D eigenvalue weighted by molar-refractivity contribution is -0.384. The molecule has 3 aromatic carbocycles. The number of nitro benzene ring substituents is 1. The number of aliphatic imine (C=N–C) groups is 8. The number of nitrogens with one attached hydrogen (secondary N) is 2. The lowest BCUT2D eigenvalue weighted by atomic mass is 10.1. The SMILES string of the molecule is O=[N+]([O-])c1ccc2c(c1)C1=NC2=NC2=NC(=NC3=NC(=NC4=NC(=N1)c1ccccc14)NN3)c1ccccc12. The molecule has 5 aliphatic rings. The lowest BCUT2D eigenvalue weighted by Gasteiger charge is -2.02. The van der Waals surface area contributed by atoms with Gasteiger partial charge in [0.2, 0.25) is 11.9 Å². The minimum Gasteiger partial charge on any atom is -0.265 e. The van der Waals surface area contributed by atoms with Gasteiger partial charge in [-0.05, 0) is 6.07 Å². The number of nitrogens with zero attached hydrogens (tertiary/aromatic N) is 9. The molecule has 5 aliphatic heterocycles. The van der Waals surface area contributed by atoms with Crippen LogP contribution in [0, 0.1) is 10.1 Å². The number of guanidine groups is 2. The van der Waals surface area contributed by atoms with Gasteiger partial charge < -0.3 is 0 Å². The Morgan fingerprint density at radius 3 is 1.41 bits per heavy atom. The van der Waals surface area contributed by atoms with Gasteiger partial charge in [0.25, 0.3) is 5.69 Å². The highest BCUT2D eigenvalue weighted by Gasteiger charge is 2.30. The molecule has 184 valence electrons. The fraction of sp³-hybridized carbons (Fsp3) is 0. The Hall–Kier alpha value is -5.98. The number of benzene rings is 3. The number of fused-ring (bicyclic) bond motifs is 13. The molecule has 0 atom stereocenters. The highest BCUT2D eigenvalue weighted by molar-refractivity contribution is 6.33. The van der Waals surface area contributed by atoms with Crippen LogP contribution in [0.5, 0.6) is 0 Å². The second-order valence-electron chi connectivity index (χ2n) is 8.81. The minimum absolute atomic E-state index is 0.0811. The topological polar surface area (TPSA) is 166 Å². The second kappa shape index (κ2) is 7.76. The first-order chi connectivity index (χ1) is 19.1. The molecule has 8 bridgehead atoms. The van der Waals surface area contributed by atoms with Crippen molar-refractivity contribution in [2.45, 2.75) is 0 Å². The van der Waals surface area contributed by atoms with Crippen molar-refractivity contribution >= 4 is 52.6 Å². The van der Waals surface area contributed by atoms with Gasteiger partial charge in [0.05, 0.1) is 4.92 Å². The fourth-order valence-corrected chi connectivity index (χ4v) is 4.72. The van der Waals surface area contributed by atoms with Crippen LogP contribution in [-0.2, 0) is 0 Å². The minimum atomic E-state index is -0.454. The zero-order chi connectivity index (χ0) is 26.1. The van der Waals surface area contributed by atoms with E-state index >= 15 is 0 Å². The summed E-state index contributed by atoms with van der Waals surface area (Å²) in [5, 5.41) is 11.6. The normalized spacial score (nSPS) is 17.5. The van der Waals surface area contributed by atoms with Gasteiger partial charge in [-0.15, -0.1) is 0 Å². The van der Waals surface area contributed by atoms with Crippen molar-refractivity contribution in [3.05, 3.63) is 110 Å². The van der Waals surface area contributed by atoms with Crippen molar-refractivity contribution in [2.75, 3.05) is 0 Å². The Bertz CT molecular complexity index is 1940. The van der Waals surface area contributed by atoms with Gasteiger partial charge in [-0.1, -0.05) is 48.5 Å². The van der Waals surface area contributed by atoms with Gasteiger partial charge in [0, 0.05) is 45.5 Å². The molecule has 0 spiro atoms. The molecule has 0 unspecified atom stereocenters. The average molecular weight is 511 g/mol. The molecule has 0 fully saturated rings. The van der Waals surface area contributed by atoms with Gasteiger partial charge >= 0.3 is 0 Å². The van der Waals surface area contributed by atoms with E-state index in [-0.39, 0.29) is 23.4 Å². The van der Waals surface area contributed by atoms with Gasteiger partial charge in [-0.2, -0.15) is 15.0 Å². The summed E-state index contributed by atoms with van der Waals surface area (Å²) in [5.41, 5.74) is 9.87. The van der Waals surface area contributed by atoms with E-state index in [1.807, 2.05) is 48.5 Å². The number of hydrogen-bond donors (Lipinski definition) is 2. The maximum Gasteiger partial charge on any atom is 0.270 e. The number of rotatable bonds is 1. The Morgan fingerprint density at radius 1 is 0.487 bits per heavy atom. The first kappa shape index (κ1) is 21.1. The van der Waals surface area contributed by atoms with E-state index in [1.165, 1.54) is 12.1 Å². The maximum atomic E-state index is 11.6. The van der Waals surface area contributed by atoms with Crippen molar-refractivity contribution in [2.24, 2.45) is 39.9 Å². The molecule has 13 nitrogen and oxygen atoms in total. The Balaban J connectivity index is 1.41. The van der Waals surface area contributed by atoms with Gasteiger partial charge in [0.15, 0.2) is 35.0 Å². The van der Waals surface area contributed by atoms with Gasteiger partial charge in [0.1, 0.15) is 0 Å². The van der Waals surface area contributed by atoms with E-state index in [1.54, 1.807) is 6.07 Å². The van der Waals surface area contributed by atoms with E-state index in [0.717, 1.165) is 22.3 Å². The number of nitro groups is 1. The summed E-state index contributed by atoms with van der Waals surface area (Å²) in [5.74, 6) is 2.72. The maximum absolute atomic E-state index is 11.6. The molecule has 0 saturated carbocycles. The van der Waals surface area contributed by atoms with Crippen LogP contribution in [0.25, 0.3) is 0 Å². The summed E-state index contributed by atoms with van der Waals surface area (Å²) < 4.78 is 0. The van der Waals surface area contributed by atoms with Crippen LogP contribution in [0.4, 0.5) is 5.69 Å². The van der Waals surface area contributed by atoms with Gasteiger partial charge in [-0.3, -0.25) is 21.0 Å². The van der Waals surface area contributed by atoms with Crippen molar-refractivity contribution in [3.8, 4) is 0 Å². The molecule has 3 aromatic rings. The Labute approximate surface area is 218 Å². The van der Waals surface area contributed by atoms with Crippen LogP contribution in [0.2, 0.25) is 0 Å². The van der Waals surface area contributed by atoms with Crippen LogP contribution < -0.4 is 10.9 Å². The molecule has 13 heteroatoms. The molecule has 2 N–H and O–H groups in total. The van der Waals surface area contributed by atoms with E-state index in [4.69, 9.17) is 9.98 Å². The number of hydrazine groups is 1. The molecule has 0 amide bonds. The van der Waals surface area contributed by atoms with Crippen LogP contribution in [0.15, 0.2) is 107 Å². The van der Waals surface area contributed by atoms with Crippen molar-refractivity contribution in [3.63, 3.8) is 0 Å². The summed E-state index contributed by atoms with van der Waals surface area (Å²) in [6, 6.07) is 19.6. The summed E-state index contributed by atoms with van der Waals surface area (Å²) in [6.07, 6.45) is 0. The zero-order valence-electron chi connectivity index (χ0n) is 19.7. The van der Waals surface area contributed by atoms with Crippen molar-refractivity contribution < 1.29 is 4.92 Å². The monoisotopic (exact) mass is 511 g/mol. The zero-order valence-corrected chi connectivity index (χ0v) is 19.7. The van der Waals surface area contributed by atoms with E-state index in [0.29, 0.717) is 40.3 Å². The number of non-ortho nitro benzene ring substituents is 1. The number of amidine groups is 6. The molecular weight excluding hydrogens is 498 g/mol. The predicted molar refractivity (Wildman–Crippen MR) is 146 cm³/mol. The van der Waals surface area contributed by atoms with Crippen LogP contribution in [0.3, 0.4) is 0 Å². The third kappa shape index (κ3) is 3.26. The quantitative estimate of drug-likeness (QED) is 0.378. The standard InChI is InChI=1S/C26H13N11O2/c38-37(39)12-9-10-17-18(11-12)24-30-20-14-6-2-4-8-16(14)23(29-20)33-26-34-25(35-36-26)32-22-15-7-3-1-5-13(15)19(28-22)27-21(17)31-24/h1-11H,(H2,27,28,29,30,31,32,33,34,35,36). The molecule has 39 heavy (non-hydrogen) atoms. The average Bonchev–Trinajstić information content (AvgIpc) is 3.71. The van der Waals surface area contributed by atoms with Crippen molar-refractivity contribution in [1.82, 2.24) is 10.9 Å². The molecular formula is C26H13N11O2. The highest BCUT2D eigenvalue weighted by atomic mass is 16.6. The van der Waals surface area contributed by atoms with E-state index in [2.05, 4.69) is 40.8 Å². The van der Waals surface area contributed by atoms with E-state index < -0.39 is 4.92 Å². The van der Waals surface area contributed by atoms with E-state index in [9.17, 15) is 10.1 Å². The predicted octanol–water partition coefficient (Wildman–Crippen LogP) is 2.35. The molecule has 8 rings (SSSR count). The number of hydrogen-bond acceptors (Lipinski definition) is 12. The largest absolute Gasteiger partial charge is 0.270 e. The molecule has 0 saturated heterocycles. The fourth-order valence-electron chi connectivity index (χ4n) is 4.72. The molecule has 5 heterocycles.